The van der Waals surface area contributed by atoms with Crippen molar-refractivity contribution in [2.45, 2.75) is 32.8 Å². The van der Waals surface area contributed by atoms with E-state index in [1.54, 1.807) is 12.1 Å². The highest BCUT2D eigenvalue weighted by molar-refractivity contribution is 5.64. The van der Waals surface area contributed by atoms with Crippen LogP contribution in [-0.4, -0.2) is 34.8 Å². The highest BCUT2D eigenvalue weighted by atomic mass is 16.6. The average Bonchev–Trinajstić information content (AvgIpc) is 2.54. The summed E-state index contributed by atoms with van der Waals surface area (Å²) in [4.78, 5) is 12.8. The van der Waals surface area contributed by atoms with Gasteiger partial charge in [0.1, 0.15) is 5.69 Å². The molecule has 1 saturated heterocycles. The molecule has 0 unspecified atom stereocenters. The van der Waals surface area contributed by atoms with E-state index in [-0.39, 0.29) is 29.2 Å². The second-order valence-electron chi connectivity index (χ2n) is 5.74. The van der Waals surface area contributed by atoms with Gasteiger partial charge in [0, 0.05) is 25.8 Å². The molecule has 1 aromatic carbocycles. The first-order valence-electron chi connectivity index (χ1n) is 7.29. The highest BCUT2D eigenvalue weighted by Crippen LogP contribution is 2.38. The second kappa shape index (κ2) is 6.41. The number of benzene rings is 1. The van der Waals surface area contributed by atoms with Gasteiger partial charge >= 0.3 is 0 Å². The molecule has 6 heteroatoms. The fourth-order valence-corrected chi connectivity index (χ4v) is 2.92. The van der Waals surface area contributed by atoms with E-state index in [9.17, 15) is 20.3 Å². The molecule has 21 heavy (non-hydrogen) atoms. The van der Waals surface area contributed by atoms with Gasteiger partial charge in [-0.2, -0.15) is 0 Å². The summed E-state index contributed by atoms with van der Waals surface area (Å²) in [6.07, 6.45) is 2.55. The zero-order valence-corrected chi connectivity index (χ0v) is 12.3. The molecular weight excluding hydrogens is 272 g/mol. The Morgan fingerprint density at radius 2 is 2.00 bits per heavy atom. The van der Waals surface area contributed by atoms with Crippen LogP contribution >= 0.6 is 0 Å². The molecule has 0 atom stereocenters. The maximum absolute atomic E-state index is 11.2. The quantitative estimate of drug-likeness (QED) is 0.641. The first kappa shape index (κ1) is 15.7. The Kier molecular flexibility index (Phi) is 4.80. The fourth-order valence-electron chi connectivity index (χ4n) is 2.92. The maximum atomic E-state index is 11.2. The summed E-state index contributed by atoms with van der Waals surface area (Å²) < 4.78 is 0. The summed E-state index contributed by atoms with van der Waals surface area (Å²) in [7, 11) is 0. The molecule has 116 valence electrons. The lowest BCUT2D eigenvalue weighted by Gasteiger charge is -2.41. The van der Waals surface area contributed by atoms with E-state index in [0.29, 0.717) is 24.3 Å². The van der Waals surface area contributed by atoms with E-state index in [0.717, 1.165) is 19.3 Å². The maximum Gasteiger partial charge on any atom is 0.292 e. The summed E-state index contributed by atoms with van der Waals surface area (Å²) in [5.74, 6) is 0. The van der Waals surface area contributed by atoms with Gasteiger partial charge in [-0.15, -0.1) is 0 Å². The minimum atomic E-state index is -0.385. The largest absolute Gasteiger partial charge is 0.396 e. The lowest BCUT2D eigenvalue weighted by Crippen LogP contribution is -2.42. The van der Waals surface area contributed by atoms with Gasteiger partial charge in [-0.25, -0.2) is 0 Å². The van der Waals surface area contributed by atoms with Crippen molar-refractivity contribution in [3.8, 4) is 0 Å². The Morgan fingerprint density at radius 3 is 2.48 bits per heavy atom. The molecular formula is C15H22N2O4. The normalized spacial score (nSPS) is 17.8. The van der Waals surface area contributed by atoms with E-state index in [1.807, 2.05) is 4.90 Å². The summed E-state index contributed by atoms with van der Waals surface area (Å²) in [5, 5.41) is 30.0. The first-order chi connectivity index (χ1) is 10.0. The number of hydrogen-bond donors (Lipinski definition) is 2. The van der Waals surface area contributed by atoms with Crippen molar-refractivity contribution in [1.29, 1.82) is 0 Å². The van der Waals surface area contributed by atoms with E-state index >= 15 is 0 Å². The molecule has 1 aromatic rings. The van der Waals surface area contributed by atoms with Crippen molar-refractivity contribution in [2.75, 3.05) is 24.6 Å². The van der Waals surface area contributed by atoms with Gasteiger partial charge < -0.3 is 15.1 Å². The van der Waals surface area contributed by atoms with E-state index in [4.69, 9.17) is 0 Å². The summed E-state index contributed by atoms with van der Waals surface area (Å²) in [6, 6.07) is 4.72. The summed E-state index contributed by atoms with van der Waals surface area (Å²) in [6.45, 7) is 3.47. The van der Waals surface area contributed by atoms with Crippen molar-refractivity contribution in [3.05, 3.63) is 33.9 Å². The van der Waals surface area contributed by atoms with Crippen LogP contribution in [-0.2, 0) is 6.61 Å². The number of piperidine rings is 1. The number of nitrogens with zero attached hydrogens (tertiary/aromatic N) is 2. The molecule has 2 rings (SSSR count). The van der Waals surface area contributed by atoms with Crippen molar-refractivity contribution < 1.29 is 15.1 Å². The molecule has 0 aliphatic carbocycles. The van der Waals surface area contributed by atoms with Crippen molar-refractivity contribution >= 4 is 11.4 Å². The van der Waals surface area contributed by atoms with E-state index < -0.39 is 0 Å². The van der Waals surface area contributed by atoms with Crippen LogP contribution in [0.5, 0.6) is 0 Å². The van der Waals surface area contributed by atoms with Gasteiger partial charge in [0.15, 0.2) is 0 Å². The Labute approximate surface area is 124 Å². The number of aliphatic hydroxyl groups excluding tert-OH is 2. The van der Waals surface area contributed by atoms with Gasteiger partial charge in [0.25, 0.3) is 5.69 Å². The molecule has 1 aliphatic heterocycles. The molecule has 0 aromatic heterocycles. The number of aliphatic hydroxyl groups is 2. The molecule has 0 saturated carbocycles. The molecule has 0 amide bonds. The molecule has 1 fully saturated rings. The van der Waals surface area contributed by atoms with Crippen molar-refractivity contribution in [3.63, 3.8) is 0 Å². The standard InChI is InChI=1S/C15H22N2O4/c1-2-15(11-19)5-7-16(8-6-15)14-9-12(10-18)3-4-13(14)17(20)21/h3-4,9,18-19H,2,5-8,10-11H2,1H3. The Hall–Kier alpha value is -1.66. The summed E-state index contributed by atoms with van der Waals surface area (Å²) >= 11 is 0. The molecule has 2 N–H and O–H groups in total. The highest BCUT2D eigenvalue weighted by Gasteiger charge is 2.34. The molecule has 0 spiro atoms. The lowest BCUT2D eigenvalue weighted by molar-refractivity contribution is -0.384. The molecule has 0 radical (unpaired) electrons. The molecule has 1 heterocycles. The van der Waals surface area contributed by atoms with Crippen LogP contribution in [0.15, 0.2) is 18.2 Å². The van der Waals surface area contributed by atoms with Crippen molar-refractivity contribution in [1.82, 2.24) is 0 Å². The van der Waals surface area contributed by atoms with Gasteiger partial charge in [-0.3, -0.25) is 10.1 Å². The average molecular weight is 294 g/mol. The van der Waals surface area contributed by atoms with Crippen LogP contribution < -0.4 is 4.90 Å². The predicted octanol–water partition coefficient (Wildman–Crippen LogP) is 2.08. The predicted molar refractivity (Wildman–Crippen MR) is 80.3 cm³/mol. The third kappa shape index (κ3) is 3.16. The molecule has 0 bridgehead atoms. The number of nitro groups is 1. The second-order valence-corrected chi connectivity index (χ2v) is 5.74. The third-order valence-corrected chi connectivity index (χ3v) is 4.67. The SMILES string of the molecule is CCC1(CO)CCN(c2cc(CO)ccc2[N+](=O)[O-])CC1. The van der Waals surface area contributed by atoms with Gasteiger partial charge in [-0.1, -0.05) is 6.92 Å². The van der Waals surface area contributed by atoms with Crippen LogP contribution in [0.1, 0.15) is 31.7 Å². The molecule has 1 aliphatic rings. The number of anilines is 1. The zero-order chi connectivity index (χ0) is 15.5. The number of rotatable bonds is 5. The third-order valence-electron chi connectivity index (χ3n) is 4.67. The van der Waals surface area contributed by atoms with Crippen LogP contribution in [0.25, 0.3) is 0 Å². The van der Waals surface area contributed by atoms with Crippen LogP contribution in [0.2, 0.25) is 0 Å². The lowest BCUT2D eigenvalue weighted by atomic mass is 9.77. The van der Waals surface area contributed by atoms with Crippen LogP contribution in [0, 0.1) is 15.5 Å². The minimum absolute atomic E-state index is 0.0557. The van der Waals surface area contributed by atoms with E-state index in [1.165, 1.54) is 6.07 Å². The van der Waals surface area contributed by atoms with Crippen LogP contribution in [0.3, 0.4) is 0 Å². The van der Waals surface area contributed by atoms with Gasteiger partial charge in [0.2, 0.25) is 0 Å². The van der Waals surface area contributed by atoms with Gasteiger partial charge in [0.05, 0.1) is 11.5 Å². The van der Waals surface area contributed by atoms with Crippen LogP contribution in [0.4, 0.5) is 11.4 Å². The first-order valence-corrected chi connectivity index (χ1v) is 7.29. The Balaban J connectivity index is 2.24. The zero-order valence-electron chi connectivity index (χ0n) is 12.3. The van der Waals surface area contributed by atoms with Gasteiger partial charge in [-0.05, 0) is 42.4 Å². The summed E-state index contributed by atoms with van der Waals surface area (Å²) in [5.41, 5.74) is 1.25. The Bertz CT molecular complexity index is 504. The topological polar surface area (TPSA) is 86.8 Å². The fraction of sp³-hybridized carbons (Fsp3) is 0.600. The number of nitro benzene ring substituents is 1. The van der Waals surface area contributed by atoms with Crippen molar-refractivity contribution in [2.24, 2.45) is 5.41 Å². The van der Waals surface area contributed by atoms with E-state index in [2.05, 4.69) is 6.92 Å². The monoisotopic (exact) mass is 294 g/mol. The smallest absolute Gasteiger partial charge is 0.292 e. The molecule has 6 nitrogen and oxygen atoms in total. The Morgan fingerprint density at radius 1 is 1.33 bits per heavy atom. The number of hydrogen-bond acceptors (Lipinski definition) is 5. The minimum Gasteiger partial charge on any atom is -0.396 e.